The molecule has 0 aromatic carbocycles. The zero-order chi connectivity index (χ0) is 22.5. The minimum Gasteiger partial charge on any atom is -0.222 e. The molecule has 0 saturated heterocycles. The van der Waals surface area contributed by atoms with Crippen LogP contribution in [0, 0.1) is 51.2 Å². The zero-order valence-electron chi connectivity index (χ0n) is 11.6. The first kappa shape index (κ1) is 47.8. The van der Waals surface area contributed by atoms with Gasteiger partial charge in [-0.25, -0.2) is 93.2 Å². The zero-order valence-corrected chi connectivity index (χ0v) is 20.9. The van der Waals surface area contributed by atoms with Gasteiger partial charge in [0, 0.05) is 0 Å². The van der Waals surface area contributed by atoms with Crippen LogP contribution >= 0.6 is 0 Å². The average molecular weight is 628 g/mol. The SMILES string of the molecule is [K+].[O-][Cl+3]([O-])([O-])[O-].[O-][Cl+3]([O-])([O-])[O-].[O-][Cl+3]([O-])([O-])[O-].[O-][Cl+3]([O-])([O-])[O-].[O-][Cl+3]([O-])([O-])[O-].[Zr+4]. The summed E-state index contributed by atoms with van der Waals surface area (Å²) in [4.78, 5) is 0. The van der Waals surface area contributed by atoms with Gasteiger partial charge in [-0.2, -0.15) is 0 Å². The van der Waals surface area contributed by atoms with Gasteiger partial charge in [0.15, 0.2) is 0 Å². The molecule has 0 spiro atoms. The van der Waals surface area contributed by atoms with Crippen LogP contribution in [0.2, 0.25) is 0 Å². The Morgan fingerprint density at radius 3 is 0.222 bits per heavy atom. The maximum atomic E-state index is 8.49. The van der Waals surface area contributed by atoms with Gasteiger partial charge in [0.05, 0.1) is 0 Å². The van der Waals surface area contributed by atoms with Crippen LogP contribution in [0.1, 0.15) is 0 Å². The number of halogens is 5. The number of hydrogen-bond acceptors (Lipinski definition) is 20. The Morgan fingerprint density at radius 2 is 0.222 bits per heavy atom. The smallest absolute Gasteiger partial charge is 0.222 e. The maximum Gasteiger partial charge on any atom is 4.00 e. The molecule has 27 heteroatoms. The van der Waals surface area contributed by atoms with Crippen molar-refractivity contribution in [2.45, 2.75) is 0 Å². The topological polar surface area (TPSA) is 461 Å². The first-order valence-corrected chi connectivity index (χ1v) is 9.26. The molecule has 0 aliphatic carbocycles. The van der Waals surface area contributed by atoms with Gasteiger partial charge in [0.2, 0.25) is 0 Å². The van der Waals surface area contributed by atoms with Crippen molar-refractivity contribution >= 4 is 0 Å². The van der Waals surface area contributed by atoms with Crippen LogP contribution in [-0.2, 0) is 26.2 Å². The van der Waals surface area contributed by atoms with E-state index >= 15 is 0 Å². The normalized spacial score (nSPS) is 11.1. The van der Waals surface area contributed by atoms with Crippen molar-refractivity contribution in [2.24, 2.45) is 0 Å². The molecule has 27 heavy (non-hydrogen) atoms. The molecule has 0 heterocycles. The molecule has 0 radical (unpaired) electrons. The molecule has 0 rings (SSSR count). The molecule has 0 saturated carbocycles. The van der Waals surface area contributed by atoms with Crippen molar-refractivity contribution in [3.63, 3.8) is 0 Å². The van der Waals surface area contributed by atoms with Gasteiger partial charge in [-0.1, -0.05) is 0 Å². The van der Waals surface area contributed by atoms with E-state index in [0.717, 1.165) is 0 Å². The second-order valence-corrected chi connectivity index (χ2v) is 5.67. The van der Waals surface area contributed by atoms with Gasteiger partial charge in [-0.15, -0.1) is 51.2 Å². The van der Waals surface area contributed by atoms with Crippen LogP contribution in [-0.4, -0.2) is 0 Å². The van der Waals surface area contributed by atoms with Crippen molar-refractivity contribution in [1.29, 1.82) is 0 Å². The van der Waals surface area contributed by atoms with Crippen molar-refractivity contribution in [2.75, 3.05) is 0 Å². The summed E-state index contributed by atoms with van der Waals surface area (Å²) in [7, 11) is -24.7. The molecule has 0 amide bonds. The molecule has 0 aliphatic rings. The van der Waals surface area contributed by atoms with Gasteiger partial charge in [0.1, 0.15) is 0 Å². The second-order valence-electron chi connectivity index (χ2n) is 1.89. The third-order valence-electron chi connectivity index (χ3n) is 0. The number of hydrogen-bond donors (Lipinski definition) is 0. The monoisotopic (exact) mass is 624 g/mol. The Kier molecular flexibility index (Phi) is 37.3. The minimum atomic E-state index is -4.94. The molecule has 0 bridgehead atoms. The quantitative estimate of drug-likeness (QED) is 0.225. The minimum absolute atomic E-state index is 0. The van der Waals surface area contributed by atoms with Crippen LogP contribution in [0.25, 0.3) is 0 Å². The fraction of sp³-hybridized carbons (Fsp3) is 0. The predicted octanol–water partition coefficient (Wildman–Crippen LogP) is -26.8. The summed E-state index contributed by atoms with van der Waals surface area (Å²) in [6.45, 7) is 0. The van der Waals surface area contributed by atoms with Crippen LogP contribution < -0.4 is 145 Å². The summed E-state index contributed by atoms with van der Waals surface area (Å²) >= 11 is 0. The van der Waals surface area contributed by atoms with E-state index in [1.54, 1.807) is 0 Å². The summed E-state index contributed by atoms with van der Waals surface area (Å²) in [5.41, 5.74) is 0. The van der Waals surface area contributed by atoms with E-state index in [-0.39, 0.29) is 77.6 Å². The Hall–Kier alpha value is 3.17. The van der Waals surface area contributed by atoms with Gasteiger partial charge >= 0.3 is 77.6 Å². The van der Waals surface area contributed by atoms with Crippen LogP contribution in [0.5, 0.6) is 0 Å². The van der Waals surface area contributed by atoms with Crippen molar-refractivity contribution in [3.05, 3.63) is 0 Å². The van der Waals surface area contributed by atoms with E-state index < -0.39 is 51.2 Å². The molecule has 160 valence electrons. The second kappa shape index (κ2) is 21.0. The largest absolute Gasteiger partial charge is 4.00 e. The summed E-state index contributed by atoms with van der Waals surface area (Å²) in [5, 5.41) is 0. The fourth-order valence-corrected chi connectivity index (χ4v) is 0. The first-order valence-electron chi connectivity index (χ1n) is 3.09. The molecule has 0 aliphatic heterocycles. The van der Waals surface area contributed by atoms with Crippen molar-refractivity contribution < 1.29 is 222 Å². The molecular formula is Cl5KO20Zr. The summed E-state index contributed by atoms with van der Waals surface area (Å²) < 4.78 is 170. The first-order chi connectivity index (χ1) is 10.0. The third-order valence-corrected chi connectivity index (χ3v) is 0. The van der Waals surface area contributed by atoms with E-state index in [1.165, 1.54) is 0 Å². The van der Waals surface area contributed by atoms with Gasteiger partial charge in [-0.05, 0) is 0 Å². The molecular weight excluding hydrogens is 628 g/mol. The van der Waals surface area contributed by atoms with Gasteiger partial charge in [0.25, 0.3) is 0 Å². The maximum absolute atomic E-state index is 8.49. The van der Waals surface area contributed by atoms with E-state index in [9.17, 15) is 0 Å². The van der Waals surface area contributed by atoms with E-state index in [1.807, 2.05) is 0 Å². The third kappa shape index (κ3) is 2140. The molecule has 0 N–H and O–H groups in total. The molecule has 0 aromatic heterocycles. The number of rotatable bonds is 0. The Morgan fingerprint density at radius 1 is 0.222 bits per heavy atom. The standard InChI is InChI=1S/5ClHO4.K.Zr/c5*2-1(3,4)5;;/h5*(H,2,3,4,5);;/q;;;;;+1;+4/p-5. The predicted molar refractivity (Wildman–Crippen MR) is 0 cm³/mol. The molecule has 20 nitrogen and oxygen atoms in total. The van der Waals surface area contributed by atoms with Gasteiger partial charge in [-0.3, -0.25) is 0 Å². The summed E-state index contributed by atoms with van der Waals surface area (Å²) in [6.07, 6.45) is 0. The van der Waals surface area contributed by atoms with Crippen molar-refractivity contribution in [1.82, 2.24) is 0 Å². The molecule has 0 unspecified atom stereocenters. The summed E-state index contributed by atoms with van der Waals surface area (Å²) in [6, 6.07) is 0. The van der Waals surface area contributed by atoms with Gasteiger partial charge < -0.3 is 0 Å². The van der Waals surface area contributed by atoms with Crippen LogP contribution in [0.15, 0.2) is 0 Å². The van der Waals surface area contributed by atoms with E-state index in [2.05, 4.69) is 0 Å². The molecule has 0 fully saturated rings. The summed E-state index contributed by atoms with van der Waals surface area (Å²) in [5.74, 6) is 0. The van der Waals surface area contributed by atoms with E-state index in [0.29, 0.717) is 0 Å². The van der Waals surface area contributed by atoms with Crippen molar-refractivity contribution in [3.8, 4) is 0 Å². The van der Waals surface area contributed by atoms with Crippen LogP contribution in [0.3, 0.4) is 0 Å². The van der Waals surface area contributed by atoms with Crippen LogP contribution in [0.4, 0.5) is 0 Å². The Bertz CT molecular complexity index is 178. The average Bonchev–Trinajstić information content (AvgIpc) is 1.79. The molecule has 0 aromatic rings. The molecule has 0 atom stereocenters. The fourth-order valence-electron chi connectivity index (χ4n) is 0. The Labute approximate surface area is 219 Å². The Balaban J connectivity index is -0.0000000364. The van der Waals surface area contributed by atoms with E-state index in [4.69, 9.17) is 93.2 Å².